The zero-order chi connectivity index (χ0) is 36.3. The van der Waals surface area contributed by atoms with Gasteiger partial charge >= 0.3 is 0 Å². The number of carbonyl (C=O) groups excluding carboxylic acids is 2. The monoisotopic (exact) mass is 701 g/mol. The summed E-state index contributed by atoms with van der Waals surface area (Å²) in [6.45, 7) is 9.43. The second kappa shape index (κ2) is 13.0. The van der Waals surface area contributed by atoms with Gasteiger partial charge in [-0.2, -0.15) is 0 Å². The Hall–Kier alpha value is -5.45. The molecule has 4 aliphatic rings. The standard InChI is InChI=1S/C39H43N9O4/c1-6-26-21-45(28-22-52-23-28)11-12-46(26)27-7-8-33(42-19-27)43-30-15-25(20-44(5)37(30)50)29-9-10-41-35(34(29)36(49)40-4)48-14-13-47-31(38(48)51)16-24-17-39(2,3)18-32(24)47/h1,7-10,15-16,19-20,26,28H,11-14,17-18,21-23H2,2-5H3,(H,40,49)(H,42,43)/t26-/m0/s1. The number of rotatable bonds is 7. The molecule has 0 radical (unpaired) electrons. The van der Waals surface area contributed by atoms with Crippen LogP contribution in [0.1, 0.15) is 46.0 Å². The molecule has 0 aromatic carbocycles. The van der Waals surface area contributed by atoms with E-state index in [2.05, 4.69) is 54.7 Å². The Bertz CT molecular complexity index is 2180. The number of aryl methyl sites for hydroxylation is 1. The minimum absolute atomic E-state index is 0.0855. The van der Waals surface area contributed by atoms with Crippen molar-refractivity contribution < 1.29 is 14.3 Å². The SMILES string of the molecule is C#C[C@H]1CN(C2COC2)CCN1c1ccc(Nc2cc(-c3ccnc(N4CCn5c(cc6c5CC(C)(C)C6)C4=O)c3C(=O)NC)cn(C)c2=O)nc1. The summed E-state index contributed by atoms with van der Waals surface area (Å²) in [5.74, 6) is 3.13. The average molecular weight is 702 g/mol. The lowest BCUT2D eigenvalue weighted by Crippen LogP contribution is -2.60. The number of fused-ring (bicyclic) bond motifs is 3. The summed E-state index contributed by atoms with van der Waals surface area (Å²) in [6, 6.07) is 9.58. The number of amides is 2. The zero-order valence-corrected chi connectivity index (χ0v) is 30.0. The summed E-state index contributed by atoms with van der Waals surface area (Å²) in [6.07, 6.45) is 12.8. The van der Waals surface area contributed by atoms with Crippen LogP contribution in [0.3, 0.4) is 0 Å². The molecule has 8 rings (SSSR count). The Morgan fingerprint density at radius 2 is 1.88 bits per heavy atom. The van der Waals surface area contributed by atoms with Gasteiger partial charge in [0.25, 0.3) is 17.4 Å². The van der Waals surface area contributed by atoms with Gasteiger partial charge in [-0.1, -0.05) is 19.8 Å². The van der Waals surface area contributed by atoms with Gasteiger partial charge in [-0.3, -0.25) is 24.2 Å². The van der Waals surface area contributed by atoms with Gasteiger partial charge in [0, 0.05) is 76.0 Å². The molecule has 1 atom stereocenters. The predicted molar refractivity (Wildman–Crippen MR) is 199 cm³/mol. The van der Waals surface area contributed by atoms with E-state index in [9.17, 15) is 14.4 Å². The second-order valence-electron chi connectivity index (χ2n) is 14.9. The van der Waals surface area contributed by atoms with E-state index in [1.807, 2.05) is 18.2 Å². The normalized spacial score (nSPS) is 19.8. The molecule has 2 N–H and O–H groups in total. The summed E-state index contributed by atoms with van der Waals surface area (Å²) < 4.78 is 8.98. The molecule has 0 saturated carbocycles. The highest BCUT2D eigenvalue weighted by Gasteiger charge is 2.38. The molecule has 2 fully saturated rings. The number of aromatic nitrogens is 4. The molecule has 2 amide bonds. The fraction of sp³-hybridized carbons (Fsp3) is 0.410. The fourth-order valence-corrected chi connectivity index (χ4v) is 8.10. The number of pyridine rings is 3. The smallest absolute Gasteiger partial charge is 0.276 e. The number of piperazine rings is 1. The summed E-state index contributed by atoms with van der Waals surface area (Å²) in [5.41, 5.74) is 5.56. The van der Waals surface area contributed by atoms with Crippen molar-refractivity contribution in [2.45, 2.75) is 45.3 Å². The van der Waals surface area contributed by atoms with E-state index in [1.165, 1.54) is 15.8 Å². The molecule has 0 bridgehead atoms. The minimum atomic E-state index is -0.385. The van der Waals surface area contributed by atoms with Gasteiger partial charge in [0.1, 0.15) is 29.1 Å². The molecule has 7 heterocycles. The molecule has 13 nitrogen and oxygen atoms in total. The number of anilines is 4. The molecule has 4 aromatic heterocycles. The summed E-state index contributed by atoms with van der Waals surface area (Å²) in [5, 5.41) is 5.93. The lowest BCUT2D eigenvalue weighted by molar-refractivity contribution is -0.0680. The molecular formula is C39H43N9O4. The van der Waals surface area contributed by atoms with Crippen LogP contribution in [-0.2, 0) is 31.2 Å². The van der Waals surface area contributed by atoms with E-state index in [1.54, 1.807) is 49.7 Å². The van der Waals surface area contributed by atoms with Crippen molar-refractivity contribution in [3.8, 4) is 23.5 Å². The van der Waals surface area contributed by atoms with Crippen LogP contribution in [-0.4, -0.2) is 94.3 Å². The number of ether oxygens (including phenoxy) is 1. The second-order valence-corrected chi connectivity index (χ2v) is 14.9. The maximum Gasteiger partial charge on any atom is 0.276 e. The number of carbonyl (C=O) groups is 2. The maximum absolute atomic E-state index is 14.0. The quantitative estimate of drug-likeness (QED) is 0.280. The van der Waals surface area contributed by atoms with Gasteiger partial charge in [0.2, 0.25) is 0 Å². The van der Waals surface area contributed by atoms with Gasteiger partial charge in [-0.05, 0) is 54.2 Å². The van der Waals surface area contributed by atoms with Gasteiger partial charge in [0.05, 0.1) is 36.7 Å². The van der Waals surface area contributed by atoms with Crippen LogP contribution in [0.4, 0.5) is 23.0 Å². The van der Waals surface area contributed by atoms with Crippen molar-refractivity contribution >= 4 is 34.8 Å². The Morgan fingerprint density at radius 3 is 2.60 bits per heavy atom. The Morgan fingerprint density at radius 1 is 1.06 bits per heavy atom. The van der Waals surface area contributed by atoms with Crippen molar-refractivity contribution in [1.29, 1.82) is 0 Å². The maximum atomic E-state index is 14.0. The molecule has 1 aliphatic carbocycles. The van der Waals surface area contributed by atoms with Crippen molar-refractivity contribution in [2.75, 3.05) is 61.6 Å². The van der Waals surface area contributed by atoms with E-state index in [0.29, 0.717) is 41.8 Å². The first-order chi connectivity index (χ1) is 25.0. The summed E-state index contributed by atoms with van der Waals surface area (Å²) >= 11 is 0. The predicted octanol–water partition coefficient (Wildman–Crippen LogP) is 3.05. The topological polar surface area (TPSA) is 130 Å². The molecule has 0 spiro atoms. The first kappa shape index (κ1) is 33.7. The van der Waals surface area contributed by atoms with Gasteiger partial charge < -0.3 is 29.4 Å². The third-order valence-corrected chi connectivity index (χ3v) is 10.8. The summed E-state index contributed by atoms with van der Waals surface area (Å²) in [7, 11) is 3.21. The fourth-order valence-electron chi connectivity index (χ4n) is 8.10. The van der Waals surface area contributed by atoms with E-state index in [0.717, 1.165) is 51.4 Å². The van der Waals surface area contributed by atoms with Crippen molar-refractivity contribution in [3.05, 3.63) is 81.8 Å². The van der Waals surface area contributed by atoms with E-state index < -0.39 is 0 Å². The van der Waals surface area contributed by atoms with Gasteiger partial charge in [-0.25, -0.2) is 9.97 Å². The van der Waals surface area contributed by atoms with Gasteiger partial charge in [-0.15, -0.1) is 6.42 Å². The molecule has 2 saturated heterocycles. The Kier molecular flexibility index (Phi) is 8.39. The number of hydrogen-bond acceptors (Lipinski definition) is 9. The van der Waals surface area contributed by atoms with Crippen LogP contribution in [0.5, 0.6) is 0 Å². The van der Waals surface area contributed by atoms with Crippen LogP contribution in [0.25, 0.3) is 11.1 Å². The zero-order valence-electron chi connectivity index (χ0n) is 30.0. The lowest BCUT2D eigenvalue weighted by atomic mass is 9.90. The molecule has 268 valence electrons. The molecule has 52 heavy (non-hydrogen) atoms. The first-order valence-corrected chi connectivity index (χ1v) is 17.8. The number of terminal acetylenes is 1. The third-order valence-electron chi connectivity index (χ3n) is 10.8. The summed E-state index contributed by atoms with van der Waals surface area (Å²) in [4.78, 5) is 56.4. The van der Waals surface area contributed by atoms with Crippen molar-refractivity contribution in [2.24, 2.45) is 12.5 Å². The molecule has 4 aromatic rings. The van der Waals surface area contributed by atoms with Crippen molar-refractivity contribution in [3.63, 3.8) is 0 Å². The van der Waals surface area contributed by atoms with Crippen LogP contribution < -0.4 is 26.0 Å². The largest absolute Gasteiger partial charge is 0.378 e. The molecule has 3 aliphatic heterocycles. The first-order valence-electron chi connectivity index (χ1n) is 17.8. The van der Waals surface area contributed by atoms with Gasteiger partial charge in [0.15, 0.2) is 0 Å². The Balaban J connectivity index is 1.07. The average Bonchev–Trinajstić information content (AvgIpc) is 3.61. The number of nitrogens with zero attached hydrogens (tertiary/aromatic N) is 7. The van der Waals surface area contributed by atoms with Crippen LogP contribution in [0, 0.1) is 17.8 Å². The van der Waals surface area contributed by atoms with Crippen molar-refractivity contribution in [1.82, 2.24) is 29.3 Å². The third kappa shape index (κ3) is 5.81. The number of hydrogen-bond donors (Lipinski definition) is 2. The highest BCUT2D eigenvalue weighted by atomic mass is 16.5. The molecule has 13 heteroatoms. The van der Waals surface area contributed by atoms with Crippen LogP contribution in [0.2, 0.25) is 0 Å². The van der Waals surface area contributed by atoms with E-state index in [4.69, 9.17) is 11.2 Å². The molecule has 0 unspecified atom stereocenters. The highest BCUT2D eigenvalue weighted by molar-refractivity contribution is 6.12. The number of nitrogens with one attached hydrogen (secondary N) is 2. The molecular weight excluding hydrogens is 658 g/mol. The highest BCUT2D eigenvalue weighted by Crippen LogP contribution is 2.40. The lowest BCUT2D eigenvalue weighted by Gasteiger charge is -2.45. The van der Waals surface area contributed by atoms with E-state index >= 15 is 0 Å². The Labute approximate surface area is 302 Å². The van der Waals surface area contributed by atoms with Crippen LogP contribution in [0.15, 0.2) is 53.7 Å². The minimum Gasteiger partial charge on any atom is -0.378 e. The van der Waals surface area contributed by atoms with E-state index in [-0.39, 0.29) is 45.9 Å². The van der Waals surface area contributed by atoms with Crippen LogP contribution >= 0.6 is 0 Å².